The molecular formula is C31H33F3N2O3. The van der Waals surface area contributed by atoms with Gasteiger partial charge in [-0.1, -0.05) is 17.9 Å². The maximum Gasteiger partial charge on any atom is 0.416 e. The Morgan fingerprint density at radius 1 is 1.15 bits per heavy atom. The third kappa shape index (κ3) is 7.96. The van der Waals surface area contributed by atoms with E-state index in [1.165, 1.54) is 11.6 Å². The number of aryl methyl sites for hydroxylation is 1. The zero-order valence-corrected chi connectivity index (χ0v) is 22.0. The quantitative estimate of drug-likeness (QED) is 0.318. The van der Waals surface area contributed by atoms with Gasteiger partial charge in [0, 0.05) is 30.1 Å². The topological polar surface area (TPSA) is 62.7 Å². The van der Waals surface area contributed by atoms with Gasteiger partial charge in [-0.05, 0) is 98.5 Å². The van der Waals surface area contributed by atoms with E-state index in [1.54, 1.807) is 13.2 Å². The number of halogens is 3. The molecule has 1 aromatic heterocycles. The Labute approximate surface area is 227 Å². The number of fused-ring (bicyclic) bond motifs is 1. The number of pyridine rings is 1. The van der Waals surface area contributed by atoms with E-state index in [0.717, 1.165) is 67.6 Å². The molecule has 1 aliphatic rings. The summed E-state index contributed by atoms with van der Waals surface area (Å²) >= 11 is 0. The molecule has 2 atom stereocenters. The molecule has 0 amide bonds. The number of aromatic nitrogens is 1. The summed E-state index contributed by atoms with van der Waals surface area (Å²) in [5.74, 6) is 6.53. The van der Waals surface area contributed by atoms with Gasteiger partial charge in [-0.2, -0.15) is 13.2 Å². The lowest BCUT2D eigenvalue weighted by atomic mass is 9.79. The van der Waals surface area contributed by atoms with Crippen LogP contribution in [0.2, 0.25) is 0 Å². The number of benzene rings is 2. The minimum Gasteiger partial charge on any atom is -0.497 e. The largest absolute Gasteiger partial charge is 0.497 e. The molecule has 1 aliphatic heterocycles. The maximum atomic E-state index is 13.0. The van der Waals surface area contributed by atoms with E-state index in [2.05, 4.69) is 27.8 Å². The highest BCUT2D eigenvalue weighted by Gasteiger charge is 2.30. The van der Waals surface area contributed by atoms with Crippen molar-refractivity contribution in [2.75, 3.05) is 26.7 Å². The van der Waals surface area contributed by atoms with E-state index < -0.39 is 17.7 Å². The van der Waals surface area contributed by atoms with Crippen LogP contribution >= 0.6 is 0 Å². The second-order valence-electron chi connectivity index (χ2n) is 10.1. The molecule has 206 valence electrons. The number of aliphatic carboxylic acids is 1. The van der Waals surface area contributed by atoms with E-state index in [4.69, 9.17) is 4.74 Å². The van der Waals surface area contributed by atoms with Crippen LogP contribution in [0.4, 0.5) is 13.2 Å². The van der Waals surface area contributed by atoms with Gasteiger partial charge in [0.15, 0.2) is 0 Å². The van der Waals surface area contributed by atoms with Crippen molar-refractivity contribution in [1.82, 2.24) is 9.88 Å². The molecular weight excluding hydrogens is 505 g/mol. The fraction of sp³-hybridized carbons (Fsp3) is 0.419. The highest BCUT2D eigenvalue weighted by atomic mass is 19.4. The van der Waals surface area contributed by atoms with E-state index >= 15 is 0 Å². The lowest BCUT2D eigenvalue weighted by Gasteiger charge is -2.38. The molecule has 1 N–H and O–H groups in total. The van der Waals surface area contributed by atoms with E-state index in [-0.39, 0.29) is 12.3 Å². The number of hydrogen-bond acceptors (Lipinski definition) is 4. The Kier molecular flexibility index (Phi) is 9.47. The van der Waals surface area contributed by atoms with Crippen molar-refractivity contribution in [1.29, 1.82) is 0 Å². The van der Waals surface area contributed by atoms with Crippen molar-refractivity contribution in [3.05, 3.63) is 71.4 Å². The molecule has 0 radical (unpaired) electrons. The first-order valence-corrected chi connectivity index (χ1v) is 13.2. The average Bonchev–Trinajstić information content (AvgIpc) is 2.92. The van der Waals surface area contributed by atoms with Crippen LogP contribution in [0.5, 0.6) is 5.75 Å². The summed E-state index contributed by atoms with van der Waals surface area (Å²) in [5.41, 5.74) is 1.79. The number of piperidine rings is 1. The summed E-state index contributed by atoms with van der Waals surface area (Å²) in [6.45, 7) is 2.02. The fourth-order valence-corrected chi connectivity index (χ4v) is 5.42. The molecule has 1 saturated heterocycles. The van der Waals surface area contributed by atoms with Gasteiger partial charge in [-0.15, -0.1) is 0 Å². The van der Waals surface area contributed by atoms with Gasteiger partial charge in [-0.3, -0.25) is 14.7 Å². The molecule has 0 aliphatic carbocycles. The number of likely N-dealkylation sites (tertiary alicyclic amines) is 1. The van der Waals surface area contributed by atoms with Gasteiger partial charge in [0.25, 0.3) is 0 Å². The standard InChI is InChI=1S/C31H33F3N2O3/c1-39-27-11-12-29-28(20-27)24(14-16-35-29)8-3-7-23-15-18-36(21-25(23)10-13-30(37)38)17-4-6-22-5-2-9-26(19-22)31(32,33)34/h2,5,9,11-12,14,16,19-20,23,25H,3,7-8,10,13,15,17-18,21H2,1H3,(H,37,38). The minimum absolute atomic E-state index is 0.125. The summed E-state index contributed by atoms with van der Waals surface area (Å²) in [7, 11) is 1.65. The van der Waals surface area contributed by atoms with Crippen LogP contribution in [0.15, 0.2) is 54.7 Å². The van der Waals surface area contributed by atoms with Crippen LogP contribution in [-0.2, 0) is 17.4 Å². The van der Waals surface area contributed by atoms with Gasteiger partial charge >= 0.3 is 12.1 Å². The zero-order chi connectivity index (χ0) is 27.8. The number of carboxylic acid groups (broad SMARTS) is 1. The maximum absolute atomic E-state index is 13.0. The van der Waals surface area contributed by atoms with Crippen LogP contribution < -0.4 is 4.74 Å². The summed E-state index contributed by atoms with van der Waals surface area (Å²) < 4.78 is 44.3. The molecule has 2 heterocycles. The first kappa shape index (κ1) is 28.4. The van der Waals surface area contributed by atoms with Crippen molar-refractivity contribution >= 4 is 16.9 Å². The number of hydrogen-bond donors (Lipinski definition) is 1. The SMILES string of the molecule is COc1ccc2nccc(CCCC3CCN(CC#Cc4cccc(C(F)(F)F)c4)CC3CCC(=O)O)c2c1. The molecule has 0 spiro atoms. The lowest BCUT2D eigenvalue weighted by molar-refractivity contribution is -0.138. The lowest BCUT2D eigenvalue weighted by Crippen LogP contribution is -2.41. The number of alkyl halides is 3. The molecule has 1 fully saturated rings. The van der Waals surface area contributed by atoms with Crippen molar-refractivity contribution < 1.29 is 27.8 Å². The Morgan fingerprint density at radius 2 is 2.00 bits per heavy atom. The van der Waals surface area contributed by atoms with Crippen molar-refractivity contribution in [3.63, 3.8) is 0 Å². The Hall–Kier alpha value is -3.57. The monoisotopic (exact) mass is 538 g/mol. The number of nitrogens with zero attached hydrogens (tertiary/aromatic N) is 2. The number of rotatable bonds is 9. The molecule has 5 nitrogen and oxygen atoms in total. The first-order valence-electron chi connectivity index (χ1n) is 13.2. The predicted octanol–water partition coefficient (Wildman–Crippen LogP) is 6.44. The van der Waals surface area contributed by atoms with E-state index in [0.29, 0.717) is 24.4 Å². The van der Waals surface area contributed by atoms with Crippen molar-refractivity contribution in [2.45, 2.75) is 44.7 Å². The summed E-state index contributed by atoms with van der Waals surface area (Å²) in [6.07, 6.45) is 2.00. The third-order valence-electron chi connectivity index (χ3n) is 7.49. The predicted molar refractivity (Wildman–Crippen MR) is 144 cm³/mol. The molecule has 39 heavy (non-hydrogen) atoms. The van der Waals surface area contributed by atoms with Crippen LogP contribution in [0, 0.1) is 23.7 Å². The highest BCUT2D eigenvalue weighted by molar-refractivity contribution is 5.83. The number of methoxy groups -OCH3 is 1. The molecule has 2 unspecified atom stereocenters. The van der Waals surface area contributed by atoms with Crippen LogP contribution in [0.25, 0.3) is 10.9 Å². The number of carboxylic acids is 1. The van der Waals surface area contributed by atoms with E-state index in [1.807, 2.05) is 24.4 Å². The summed E-state index contributed by atoms with van der Waals surface area (Å²) in [4.78, 5) is 17.9. The molecule has 8 heteroatoms. The molecule has 2 aromatic carbocycles. The molecule has 3 aromatic rings. The minimum atomic E-state index is -4.39. The summed E-state index contributed by atoms with van der Waals surface area (Å²) in [5, 5.41) is 10.4. The van der Waals surface area contributed by atoms with Crippen LogP contribution in [0.3, 0.4) is 0 Å². The molecule has 4 rings (SSSR count). The third-order valence-corrected chi connectivity index (χ3v) is 7.49. The molecule has 0 saturated carbocycles. The highest BCUT2D eigenvalue weighted by Crippen LogP contribution is 2.32. The normalized spacial score (nSPS) is 17.9. The zero-order valence-electron chi connectivity index (χ0n) is 22.0. The Balaban J connectivity index is 1.36. The second-order valence-corrected chi connectivity index (χ2v) is 10.1. The second kappa shape index (κ2) is 13.0. The van der Waals surface area contributed by atoms with Crippen LogP contribution in [0.1, 0.15) is 48.8 Å². The van der Waals surface area contributed by atoms with Gasteiger partial charge in [0.1, 0.15) is 5.75 Å². The Morgan fingerprint density at radius 3 is 2.77 bits per heavy atom. The number of ether oxygens (including phenoxy) is 1. The molecule has 0 bridgehead atoms. The van der Waals surface area contributed by atoms with E-state index in [9.17, 15) is 23.1 Å². The Bertz CT molecular complexity index is 1350. The van der Waals surface area contributed by atoms with Gasteiger partial charge in [0.05, 0.1) is 24.7 Å². The first-order chi connectivity index (χ1) is 18.7. The van der Waals surface area contributed by atoms with Gasteiger partial charge < -0.3 is 9.84 Å². The fourth-order valence-electron chi connectivity index (χ4n) is 5.42. The average molecular weight is 539 g/mol. The van der Waals surface area contributed by atoms with Gasteiger partial charge in [-0.25, -0.2) is 0 Å². The number of carbonyl (C=O) groups is 1. The van der Waals surface area contributed by atoms with Crippen molar-refractivity contribution in [2.24, 2.45) is 11.8 Å². The smallest absolute Gasteiger partial charge is 0.416 e. The van der Waals surface area contributed by atoms with Crippen molar-refractivity contribution in [3.8, 4) is 17.6 Å². The summed E-state index contributed by atoms with van der Waals surface area (Å²) in [6, 6.07) is 13.0. The van der Waals surface area contributed by atoms with Gasteiger partial charge in [0.2, 0.25) is 0 Å². The van der Waals surface area contributed by atoms with Crippen LogP contribution in [-0.4, -0.2) is 47.7 Å².